The Hall–Kier alpha value is -4.47. The predicted octanol–water partition coefficient (Wildman–Crippen LogP) is 3.94. The van der Waals surface area contributed by atoms with E-state index in [-0.39, 0.29) is 37.6 Å². The second kappa shape index (κ2) is 18.4. The molecule has 326 valence electrons. The first-order valence-electron chi connectivity index (χ1n) is 21.0. The molecule has 1 saturated heterocycles. The summed E-state index contributed by atoms with van der Waals surface area (Å²) in [7, 11) is -3.63. The lowest BCUT2D eigenvalue weighted by molar-refractivity contribution is -0.144. The van der Waals surface area contributed by atoms with E-state index in [1.807, 2.05) is 24.3 Å². The maximum absolute atomic E-state index is 14.8. The molecule has 3 fully saturated rings. The van der Waals surface area contributed by atoms with Crippen LogP contribution in [-0.4, -0.2) is 114 Å². The summed E-state index contributed by atoms with van der Waals surface area (Å²) in [6.45, 7) is 14.4. The molecule has 1 aromatic carbocycles. The summed E-state index contributed by atoms with van der Waals surface area (Å²) < 4.78 is 31.8. The highest BCUT2D eigenvalue weighted by Crippen LogP contribution is 2.35. The molecule has 5 rings (SSSR count). The number of sulfone groups is 1. The van der Waals surface area contributed by atoms with Gasteiger partial charge >= 0.3 is 12.1 Å². The van der Waals surface area contributed by atoms with Gasteiger partial charge in [-0.3, -0.25) is 19.2 Å². The van der Waals surface area contributed by atoms with E-state index in [0.29, 0.717) is 32.4 Å². The predicted molar refractivity (Wildman–Crippen MR) is 223 cm³/mol. The summed E-state index contributed by atoms with van der Waals surface area (Å²) >= 11 is 0. The molecule has 0 spiro atoms. The van der Waals surface area contributed by atoms with Gasteiger partial charge in [0, 0.05) is 26.1 Å². The molecular formula is C43H64N6O9S. The molecular weight excluding hydrogens is 777 g/mol. The van der Waals surface area contributed by atoms with Gasteiger partial charge in [0.25, 0.3) is 5.91 Å². The zero-order valence-corrected chi connectivity index (χ0v) is 36.4. The third kappa shape index (κ3) is 11.6. The molecule has 1 aromatic rings. The Morgan fingerprint density at radius 2 is 1.63 bits per heavy atom. The summed E-state index contributed by atoms with van der Waals surface area (Å²) in [5, 5.41) is 11.0. The van der Waals surface area contributed by atoms with E-state index in [1.54, 1.807) is 46.4 Å². The van der Waals surface area contributed by atoms with Crippen molar-refractivity contribution < 1.29 is 41.9 Å². The van der Waals surface area contributed by atoms with Crippen molar-refractivity contribution in [3.05, 3.63) is 48.0 Å². The number of benzene rings is 1. The Morgan fingerprint density at radius 3 is 2.24 bits per heavy atom. The van der Waals surface area contributed by atoms with Crippen molar-refractivity contribution in [3.8, 4) is 0 Å². The zero-order valence-electron chi connectivity index (χ0n) is 35.6. The monoisotopic (exact) mass is 840 g/mol. The van der Waals surface area contributed by atoms with Gasteiger partial charge in [0.2, 0.25) is 17.6 Å². The number of carbonyl (C=O) groups is 6. The lowest BCUT2D eigenvalue weighted by atomic mass is 9.83. The molecule has 1 unspecified atom stereocenters. The lowest BCUT2D eigenvalue weighted by Crippen LogP contribution is -2.63. The maximum atomic E-state index is 14.8. The number of ether oxygens (including phenoxy) is 1. The Labute approximate surface area is 349 Å². The van der Waals surface area contributed by atoms with Crippen molar-refractivity contribution in [2.45, 2.75) is 147 Å². The molecule has 15 nitrogen and oxygen atoms in total. The van der Waals surface area contributed by atoms with Crippen LogP contribution in [0.4, 0.5) is 9.59 Å². The largest absolute Gasteiger partial charge is 0.444 e. The molecule has 0 bridgehead atoms. The first-order valence-corrected chi connectivity index (χ1v) is 22.7. The first kappa shape index (κ1) is 45.6. The number of fused-ring (bicyclic) bond motifs is 1. The quantitative estimate of drug-likeness (QED) is 0.158. The van der Waals surface area contributed by atoms with Gasteiger partial charge in [-0.1, -0.05) is 83.2 Å². The molecule has 0 aromatic heterocycles. The molecule has 4 aliphatic rings. The van der Waals surface area contributed by atoms with Crippen LogP contribution >= 0.6 is 0 Å². The molecule has 4 N–H and O–H groups in total. The van der Waals surface area contributed by atoms with Crippen LogP contribution in [0.15, 0.2) is 36.9 Å². The molecule has 6 amide bonds. The van der Waals surface area contributed by atoms with E-state index < -0.39 is 85.4 Å². The minimum Gasteiger partial charge on any atom is -0.444 e. The molecule has 0 radical (unpaired) electrons. The highest BCUT2D eigenvalue weighted by Gasteiger charge is 2.49. The van der Waals surface area contributed by atoms with E-state index in [0.717, 1.165) is 43.2 Å². The van der Waals surface area contributed by atoms with Crippen molar-refractivity contribution in [1.82, 2.24) is 31.1 Å². The van der Waals surface area contributed by atoms with Crippen LogP contribution in [0, 0.1) is 11.3 Å². The number of nitrogens with one attached hydrogen (secondary N) is 4. The molecule has 2 aliphatic heterocycles. The van der Waals surface area contributed by atoms with Gasteiger partial charge in [0.05, 0.1) is 28.6 Å². The Balaban J connectivity index is 1.39. The highest BCUT2D eigenvalue weighted by molar-refractivity contribution is 7.92. The standard InChI is InChI=1S/C43H64N6O9S/c1-8-21-44-37(52)34(50)32(23-28-16-17-28)45-36(51)33-24-31(58-40(55)48-22-18-29-14-10-11-15-30(29)25-48)26-49(33)38(53)35(41(2,3)4)46-39(54)47-43(19-12-9-13-20-43)27-59(56,57)42(5,6)7/h8,10-11,14-15,28,31-33,35H,1,9,12-13,16-27H2,2-7H3,(H,44,52)(H,45,51)(H2,46,47,54)/t31-,32?,33+,35-/m1/s1. The van der Waals surface area contributed by atoms with Gasteiger partial charge in [0.15, 0.2) is 9.84 Å². The Bertz CT molecular complexity index is 1880. The van der Waals surface area contributed by atoms with E-state index in [1.165, 1.54) is 11.0 Å². The number of nitrogens with zero attached hydrogens (tertiary/aromatic N) is 2. The van der Waals surface area contributed by atoms with E-state index in [4.69, 9.17) is 4.74 Å². The fraction of sp³-hybridized carbons (Fsp3) is 0.674. The van der Waals surface area contributed by atoms with Crippen LogP contribution in [-0.2, 0) is 46.7 Å². The molecule has 16 heteroatoms. The van der Waals surface area contributed by atoms with Gasteiger partial charge in [-0.2, -0.15) is 0 Å². The number of Topliss-reactive ketones (excluding diaryl/α,β-unsaturated/α-hetero) is 1. The van der Waals surface area contributed by atoms with Crippen LogP contribution in [0.25, 0.3) is 0 Å². The van der Waals surface area contributed by atoms with E-state index in [2.05, 4.69) is 27.8 Å². The second-order valence-electron chi connectivity index (χ2n) is 18.9. The minimum atomic E-state index is -3.63. The average Bonchev–Trinajstić information content (AvgIpc) is 3.89. The number of likely N-dealkylation sites (tertiary alicyclic amines) is 1. The topological polar surface area (TPSA) is 200 Å². The number of hydrogen-bond donors (Lipinski definition) is 4. The van der Waals surface area contributed by atoms with Crippen molar-refractivity contribution in [1.29, 1.82) is 0 Å². The fourth-order valence-corrected chi connectivity index (χ4v) is 9.70. The molecule has 2 heterocycles. The highest BCUT2D eigenvalue weighted by atomic mass is 32.2. The van der Waals surface area contributed by atoms with Crippen molar-refractivity contribution in [2.24, 2.45) is 11.3 Å². The molecule has 2 aliphatic carbocycles. The van der Waals surface area contributed by atoms with Crippen LogP contribution in [0.1, 0.15) is 110 Å². The van der Waals surface area contributed by atoms with Crippen molar-refractivity contribution in [3.63, 3.8) is 0 Å². The summed E-state index contributed by atoms with van der Waals surface area (Å²) in [5.41, 5.74) is 0.208. The van der Waals surface area contributed by atoms with Gasteiger partial charge in [-0.15, -0.1) is 6.58 Å². The zero-order chi connectivity index (χ0) is 43.3. The van der Waals surface area contributed by atoms with Crippen LogP contribution in [0.2, 0.25) is 0 Å². The van der Waals surface area contributed by atoms with Gasteiger partial charge in [-0.25, -0.2) is 18.0 Å². The Morgan fingerprint density at radius 1 is 0.966 bits per heavy atom. The van der Waals surface area contributed by atoms with Crippen LogP contribution < -0.4 is 21.3 Å². The van der Waals surface area contributed by atoms with Gasteiger partial charge in [-0.05, 0) is 68.9 Å². The number of rotatable bonds is 14. The number of hydrogen-bond acceptors (Lipinski definition) is 9. The summed E-state index contributed by atoms with van der Waals surface area (Å²) in [5.74, 6) is -3.08. The maximum Gasteiger partial charge on any atom is 0.410 e. The normalized spacial score (nSPS) is 21.6. The average molecular weight is 841 g/mol. The number of carbonyl (C=O) groups excluding carboxylic acids is 6. The molecule has 59 heavy (non-hydrogen) atoms. The fourth-order valence-electron chi connectivity index (χ4n) is 8.18. The van der Waals surface area contributed by atoms with Gasteiger partial charge < -0.3 is 35.8 Å². The minimum absolute atomic E-state index is 0.0670. The second-order valence-corrected chi connectivity index (χ2v) is 21.6. The molecule has 4 atom stereocenters. The van der Waals surface area contributed by atoms with Crippen LogP contribution in [0.5, 0.6) is 0 Å². The van der Waals surface area contributed by atoms with Crippen molar-refractivity contribution >= 4 is 45.5 Å². The summed E-state index contributed by atoms with van der Waals surface area (Å²) in [6.07, 6.45) is 5.75. The van der Waals surface area contributed by atoms with Gasteiger partial charge in [0.1, 0.15) is 18.2 Å². The summed E-state index contributed by atoms with van der Waals surface area (Å²) in [6, 6.07) is 3.55. The summed E-state index contributed by atoms with van der Waals surface area (Å²) in [4.78, 5) is 85.6. The SMILES string of the molecule is C=CCNC(=O)C(=O)C(CC1CC1)NC(=O)[C@@H]1C[C@@H](OC(=O)N2CCc3ccccc3C2)CN1C(=O)[C@@H](NC(=O)NC1(CS(=O)(=O)C(C)(C)C)CCCCC1)C(C)(C)C. The van der Waals surface area contributed by atoms with Crippen LogP contribution in [0.3, 0.4) is 0 Å². The van der Waals surface area contributed by atoms with E-state index >= 15 is 0 Å². The molecule has 2 saturated carbocycles. The third-order valence-corrected chi connectivity index (χ3v) is 14.8. The first-order chi connectivity index (χ1) is 27.6. The number of ketones is 1. The number of urea groups is 1. The Kier molecular flexibility index (Phi) is 14.2. The smallest absolute Gasteiger partial charge is 0.410 e. The lowest BCUT2D eigenvalue weighted by Gasteiger charge is -2.41. The van der Waals surface area contributed by atoms with E-state index in [9.17, 15) is 37.2 Å². The van der Waals surface area contributed by atoms with Crippen molar-refractivity contribution in [2.75, 3.05) is 25.4 Å². The number of amides is 6. The third-order valence-electron chi connectivity index (χ3n) is 12.0.